The van der Waals surface area contributed by atoms with E-state index >= 15 is 0 Å². The minimum Gasteiger partial charge on any atom is -0.341 e. The number of anilines is 3. The monoisotopic (exact) mass is 381 g/mol. The molecule has 27 heavy (non-hydrogen) atoms. The van der Waals surface area contributed by atoms with E-state index in [1.54, 1.807) is 31.3 Å². The van der Waals surface area contributed by atoms with Crippen LogP contribution in [0.25, 0.3) is 0 Å². The molecule has 0 amide bonds. The van der Waals surface area contributed by atoms with Crippen molar-refractivity contribution >= 4 is 27.2 Å². The number of nitrogens with one attached hydrogen (secondary N) is 1. The summed E-state index contributed by atoms with van der Waals surface area (Å²) in [5.74, 6) is 0.295. The highest BCUT2D eigenvalue weighted by atomic mass is 32.2. The Morgan fingerprint density at radius 3 is 2.33 bits per heavy atom. The van der Waals surface area contributed by atoms with Crippen molar-refractivity contribution in [1.29, 1.82) is 0 Å². The van der Waals surface area contributed by atoms with Gasteiger partial charge in [0.15, 0.2) is 0 Å². The van der Waals surface area contributed by atoms with Gasteiger partial charge in [0.25, 0.3) is 10.0 Å². The third-order valence-electron chi connectivity index (χ3n) is 4.32. The molecule has 0 atom stereocenters. The fourth-order valence-corrected chi connectivity index (χ4v) is 4.26. The van der Waals surface area contributed by atoms with Gasteiger partial charge in [-0.1, -0.05) is 30.3 Å². The van der Waals surface area contributed by atoms with Crippen LogP contribution in [0.3, 0.4) is 0 Å². The minimum atomic E-state index is -3.68. The largest absolute Gasteiger partial charge is 0.341 e. The van der Waals surface area contributed by atoms with Crippen molar-refractivity contribution in [2.24, 2.45) is 0 Å². The molecule has 2 aromatic carbocycles. The predicted octanol–water partition coefficient (Wildman–Crippen LogP) is 4.66. The average Bonchev–Trinajstić information content (AvgIpc) is 2.66. The van der Waals surface area contributed by atoms with E-state index in [9.17, 15) is 8.42 Å². The van der Waals surface area contributed by atoms with Gasteiger partial charge < -0.3 is 4.90 Å². The van der Waals surface area contributed by atoms with Crippen LogP contribution in [0.2, 0.25) is 0 Å². The molecule has 0 aliphatic heterocycles. The second-order valence-corrected chi connectivity index (χ2v) is 8.01. The summed E-state index contributed by atoms with van der Waals surface area (Å²) in [6.07, 6.45) is 1.68. The Balaban J connectivity index is 1.84. The number of benzene rings is 2. The Hall–Kier alpha value is -2.86. The van der Waals surface area contributed by atoms with E-state index in [2.05, 4.69) is 21.5 Å². The van der Waals surface area contributed by atoms with E-state index in [4.69, 9.17) is 0 Å². The second-order valence-electron chi connectivity index (χ2n) is 6.36. The highest BCUT2D eigenvalue weighted by Gasteiger charge is 2.18. The maximum absolute atomic E-state index is 12.7. The molecule has 0 unspecified atom stereocenters. The molecule has 6 heteroatoms. The molecule has 0 spiro atoms. The van der Waals surface area contributed by atoms with E-state index < -0.39 is 10.0 Å². The molecule has 140 valence electrons. The van der Waals surface area contributed by atoms with Crippen LogP contribution in [0.4, 0.5) is 17.2 Å². The first kappa shape index (κ1) is 18.9. The summed E-state index contributed by atoms with van der Waals surface area (Å²) in [6, 6.07) is 18.9. The average molecular weight is 382 g/mol. The van der Waals surface area contributed by atoms with E-state index in [-0.39, 0.29) is 4.90 Å². The molecule has 3 rings (SSSR count). The fourth-order valence-electron chi connectivity index (χ4n) is 2.92. The zero-order valence-corrected chi connectivity index (χ0v) is 16.5. The number of aromatic nitrogens is 1. The van der Waals surface area contributed by atoms with Crippen molar-refractivity contribution in [2.75, 3.05) is 16.2 Å². The van der Waals surface area contributed by atoms with Gasteiger partial charge in [0, 0.05) is 12.2 Å². The third kappa shape index (κ3) is 4.28. The SMILES string of the molecule is CCN(c1ccccc1)c1ccc(NS(=O)(=O)c2cc(C)ccc2C)nc1. The molecular weight excluding hydrogens is 358 g/mol. The molecule has 1 heterocycles. The Kier molecular flexibility index (Phi) is 5.46. The summed E-state index contributed by atoms with van der Waals surface area (Å²) in [4.78, 5) is 6.68. The number of nitrogens with zero attached hydrogens (tertiary/aromatic N) is 2. The molecule has 0 saturated heterocycles. The van der Waals surface area contributed by atoms with Gasteiger partial charge >= 0.3 is 0 Å². The molecule has 5 nitrogen and oxygen atoms in total. The number of hydrogen-bond donors (Lipinski definition) is 1. The van der Waals surface area contributed by atoms with Crippen LogP contribution in [0.1, 0.15) is 18.1 Å². The van der Waals surface area contributed by atoms with Crippen molar-refractivity contribution in [3.63, 3.8) is 0 Å². The lowest BCUT2D eigenvalue weighted by Crippen LogP contribution is -2.17. The lowest BCUT2D eigenvalue weighted by atomic mass is 10.2. The highest BCUT2D eigenvalue weighted by Crippen LogP contribution is 2.26. The number of rotatable bonds is 6. The van der Waals surface area contributed by atoms with E-state index in [0.717, 1.165) is 23.5 Å². The molecule has 0 fully saturated rings. The van der Waals surface area contributed by atoms with Gasteiger partial charge in [0.2, 0.25) is 0 Å². The molecule has 0 aliphatic rings. The van der Waals surface area contributed by atoms with E-state index in [0.29, 0.717) is 11.4 Å². The molecule has 0 bridgehead atoms. The second kappa shape index (κ2) is 7.80. The number of para-hydroxylation sites is 1. The standard InChI is InChI=1S/C21H23N3O2S/c1-4-24(18-8-6-5-7-9-18)19-12-13-21(22-15-19)23-27(25,26)20-14-16(2)10-11-17(20)3/h5-15H,4H2,1-3H3,(H,22,23). The molecule has 1 aromatic heterocycles. The van der Waals surface area contributed by atoms with Crippen LogP contribution in [-0.2, 0) is 10.0 Å². The summed E-state index contributed by atoms with van der Waals surface area (Å²) < 4.78 is 28.0. The Bertz CT molecular complexity index is 1020. The first-order valence-corrected chi connectivity index (χ1v) is 10.3. The van der Waals surface area contributed by atoms with Gasteiger partial charge in [-0.05, 0) is 62.2 Å². The van der Waals surface area contributed by atoms with Crippen molar-refractivity contribution in [3.8, 4) is 0 Å². The zero-order chi connectivity index (χ0) is 19.4. The topological polar surface area (TPSA) is 62.3 Å². The Morgan fingerprint density at radius 1 is 0.963 bits per heavy atom. The Morgan fingerprint density at radius 2 is 1.70 bits per heavy atom. The number of sulfonamides is 1. The van der Waals surface area contributed by atoms with Gasteiger partial charge in [-0.15, -0.1) is 0 Å². The molecular formula is C21H23N3O2S. The van der Waals surface area contributed by atoms with E-state index in [1.165, 1.54) is 0 Å². The van der Waals surface area contributed by atoms with Crippen molar-refractivity contribution < 1.29 is 8.42 Å². The van der Waals surface area contributed by atoms with Crippen LogP contribution in [0.5, 0.6) is 0 Å². The van der Waals surface area contributed by atoms with Gasteiger partial charge in [0.1, 0.15) is 5.82 Å². The summed E-state index contributed by atoms with van der Waals surface area (Å²) in [7, 11) is -3.68. The van der Waals surface area contributed by atoms with Crippen LogP contribution in [0.15, 0.2) is 71.8 Å². The van der Waals surface area contributed by atoms with Crippen LogP contribution >= 0.6 is 0 Å². The summed E-state index contributed by atoms with van der Waals surface area (Å²) in [5, 5.41) is 0. The quantitative estimate of drug-likeness (QED) is 0.675. The first-order valence-electron chi connectivity index (χ1n) is 8.79. The number of hydrogen-bond acceptors (Lipinski definition) is 4. The smallest absolute Gasteiger partial charge is 0.263 e. The molecule has 3 aromatic rings. The molecule has 0 saturated carbocycles. The molecule has 0 aliphatic carbocycles. The fraction of sp³-hybridized carbons (Fsp3) is 0.190. The van der Waals surface area contributed by atoms with Gasteiger partial charge in [-0.2, -0.15) is 0 Å². The highest BCUT2D eigenvalue weighted by molar-refractivity contribution is 7.92. The lowest BCUT2D eigenvalue weighted by Gasteiger charge is -2.23. The van der Waals surface area contributed by atoms with Crippen molar-refractivity contribution in [1.82, 2.24) is 4.98 Å². The number of aryl methyl sites for hydroxylation is 2. The van der Waals surface area contributed by atoms with Crippen LogP contribution in [0, 0.1) is 13.8 Å². The minimum absolute atomic E-state index is 0.271. The summed E-state index contributed by atoms with van der Waals surface area (Å²) >= 11 is 0. The third-order valence-corrected chi connectivity index (χ3v) is 5.81. The lowest BCUT2D eigenvalue weighted by molar-refractivity contribution is 0.600. The molecule has 1 N–H and O–H groups in total. The van der Waals surface area contributed by atoms with Crippen molar-refractivity contribution in [2.45, 2.75) is 25.7 Å². The normalized spacial score (nSPS) is 11.2. The predicted molar refractivity (Wildman–Crippen MR) is 110 cm³/mol. The zero-order valence-electron chi connectivity index (χ0n) is 15.7. The number of pyridine rings is 1. The van der Waals surface area contributed by atoms with Gasteiger partial charge in [-0.25, -0.2) is 13.4 Å². The van der Waals surface area contributed by atoms with Gasteiger partial charge in [0.05, 0.1) is 16.8 Å². The molecule has 0 radical (unpaired) electrons. The van der Waals surface area contributed by atoms with E-state index in [1.807, 2.05) is 49.4 Å². The summed E-state index contributed by atoms with van der Waals surface area (Å²) in [6.45, 7) is 6.49. The van der Waals surface area contributed by atoms with Crippen LogP contribution < -0.4 is 9.62 Å². The van der Waals surface area contributed by atoms with Crippen molar-refractivity contribution in [3.05, 3.63) is 78.0 Å². The first-order chi connectivity index (χ1) is 12.9. The van der Waals surface area contributed by atoms with Crippen LogP contribution in [-0.4, -0.2) is 19.9 Å². The Labute approximate surface area is 160 Å². The maximum Gasteiger partial charge on any atom is 0.263 e. The maximum atomic E-state index is 12.7. The summed E-state index contributed by atoms with van der Waals surface area (Å²) in [5.41, 5.74) is 3.56. The van der Waals surface area contributed by atoms with Gasteiger partial charge in [-0.3, -0.25) is 4.72 Å².